The number of nitrogens with one attached hydrogen (secondary N) is 1. The van der Waals surface area contributed by atoms with Crippen LogP contribution in [0.1, 0.15) is 36.0 Å². The Hall–Kier alpha value is -1.68. The molecule has 1 atom stereocenters. The first-order chi connectivity index (χ1) is 12.3. The van der Waals surface area contributed by atoms with E-state index < -0.39 is 10.0 Å². The molecule has 3 rings (SSSR count). The van der Waals surface area contributed by atoms with Gasteiger partial charge in [-0.15, -0.1) is 0 Å². The quantitative estimate of drug-likeness (QED) is 0.793. The number of amides is 1. The molecule has 1 aromatic rings. The Balaban J connectivity index is 1.77. The Bertz CT molecular complexity index is 768. The molecule has 0 aromatic heterocycles. The largest absolute Gasteiger partial charge is 0.496 e. The van der Waals surface area contributed by atoms with Crippen molar-refractivity contribution in [3.63, 3.8) is 0 Å². The minimum atomic E-state index is -3.91. The van der Waals surface area contributed by atoms with Crippen molar-refractivity contribution in [3.05, 3.63) is 23.8 Å². The number of sulfonamides is 1. The Morgan fingerprint density at radius 2 is 2.04 bits per heavy atom. The van der Waals surface area contributed by atoms with Crippen LogP contribution in [-0.2, 0) is 19.5 Å². The van der Waals surface area contributed by atoms with E-state index in [1.807, 2.05) is 0 Å². The molecule has 144 valence electrons. The molecule has 1 amide bonds. The molecule has 2 fully saturated rings. The van der Waals surface area contributed by atoms with Crippen LogP contribution in [-0.4, -0.2) is 52.9 Å². The minimum Gasteiger partial charge on any atom is -0.496 e. The standard InChI is InChI=1S/C17H24N2O6S/c1-23-15-3-2-13(26(18,21)22)10-14(15)16(20)19-12-4-7-25-17(11-12)5-8-24-9-6-17/h2-3,10,12H,4-9,11H2,1H3,(H,19,20)(H2,18,21,22). The van der Waals surface area contributed by atoms with Crippen LogP contribution in [0.25, 0.3) is 0 Å². The predicted octanol–water partition coefficient (Wildman–Crippen LogP) is 0.801. The summed E-state index contributed by atoms with van der Waals surface area (Å²) in [7, 11) is -2.48. The zero-order chi connectivity index (χ0) is 18.8. The lowest BCUT2D eigenvalue weighted by Crippen LogP contribution is -2.51. The lowest BCUT2D eigenvalue weighted by Gasteiger charge is -2.43. The van der Waals surface area contributed by atoms with E-state index in [2.05, 4.69) is 5.32 Å². The molecule has 2 heterocycles. The van der Waals surface area contributed by atoms with Gasteiger partial charge in [-0.1, -0.05) is 0 Å². The third kappa shape index (κ3) is 4.17. The maximum Gasteiger partial charge on any atom is 0.255 e. The van der Waals surface area contributed by atoms with Gasteiger partial charge in [-0.3, -0.25) is 4.79 Å². The summed E-state index contributed by atoms with van der Waals surface area (Å²) in [5.41, 5.74) is -0.104. The first-order valence-corrected chi connectivity index (χ1v) is 10.1. The summed E-state index contributed by atoms with van der Waals surface area (Å²) < 4.78 is 39.7. The van der Waals surface area contributed by atoms with Gasteiger partial charge < -0.3 is 19.5 Å². The average Bonchev–Trinajstić information content (AvgIpc) is 2.61. The molecule has 1 aromatic carbocycles. The van der Waals surface area contributed by atoms with Crippen LogP contribution in [0, 0.1) is 0 Å². The van der Waals surface area contributed by atoms with Gasteiger partial charge in [0.15, 0.2) is 0 Å². The molecule has 2 aliphatic heterocycles. The van der Waals surface area contributed by atoms with Crippen molar-refractivity contribution < 1.29 is 27.4 Å². The molecular formula is C17H24N2O6S. The van der Waals surface area contributed by atoms with Crippen molar-refractivity contribution >= 4 is 15.9 Å². The van der Waals surface area contributed by atoms with E-state index in [4.69, 9.17) is 19.3 Å². The summed E-state index contributed by atoms with van der Waals surface area (Å²) in [4.78, 5) is 12.6. The highest BCUT2D eigenvalue weighted by atomic mass is 32.2. The van der Waals surface area contributed by atoms with E-state index in [9.17, 15) is 13.2 Å². The van der Waals surface area contributed by atoms with Crippen LogP contribution in [0.3, 0.4) is 0 Å². The number of ether oxygens (including phenoxy) is 3. The van der Waals surface area contributed by atoms with Gasteiger partial charge >= 0.3 is 0 Å². The van der Waals surface area contributed by atoms with Crippen LogP contribution in [0.2, 0.25) is 0 Å². The molecule has 9 heteroatoms. The first kappa shape index (κ1) is 19.1. The molecule has 0 radical (unpaired) electrons. The third-order valence-corrected chi connectivity index (χ3v) is 5.89. The van der Waals surface area contributed by atoms with Gasteiger partial charge in [-0.2, -0.15) is 0 Å². The number of hydrogen-bond donors (Lipinski definition) is 2. The molecule has 3 N–H and O–H groups in total. The summed E-state index contributed by atoms with van der Waals surface area (Å²) >= 11 is 0. The van der Waals surface area contributed by atoms with E-state index in [1.54, 1.807) is 0 Å². The number of nitrogens with two attached hydrogens (primary N) is 1. The van der Waals surface area contributed by atoms with Gasteiger partial charge in [0.05, 0.1) is 23.2 Å². The Morgan fingerprint density at radius 3 is 2.69 bits per heavy atom. The number of primary sulfonamides is 1. The Morgan fingerprint density at radius 1 is 1.31 bits per heavy atom. The molecule has 0 aliphatic carbocycles. The number of rotatable bonds is 4. The van der Waals surface area contributed by atoms with Crippen LogP contribution in [0.4, 0.5) is 0 Å². The van der Waals surface area contributed by atoms with Gasteiger partial charge in [-0.25, -0.2) is 13.6 Å². The second-order valence-corrected chi connectivity index (χ2v) is 8.28. The third-order valence-electron chi connectivity index (χ3n) is 4.98. The van der Waals surface area contributed by atoms with Crippen molar-refractivity contribution in [3.8, 4) is 5.75 Å². The number of methoxy groups -OCH3 is 1. The van der Waals surface area contributed by atoms with Crippen molar-refractivity contribution in [2.24, 2.45) is 5.14 Å². The van der Waals surface area contributed by atoms with E-state index in [1.165, 1.54) is 25.3 Å². The smallest absolute Gasteiger partial charge is 0.255 e. The zero-order valence-electron chi connectivity index (χ0n) is 14.7. The number of benzene rings is 1. The number of hydrogen-bond acceptors (Lipinski definition) is 6. The Kier molecular flexibility index (Phi) is 5.52. The summed E-state index contributed by atoms with van der Waals surface area (Å²) in [6, 6.07) is 3.93. The monoisotopic (exact) mass is 384 g/mol. The fourth-order valence-electron chi connectivity index (χ4n) is 3.55. The summed E-state index contributed by atoms with van der Waals surface area (Å²) in [6.45, 7) is 1.88. The fourth-order valence-corrected chi connectivity index (χ4v) is 4.09. The lowest BCUT2D eigenvalue weighted by atomic mass is 9.84. The summed E-state index contributed by atoms with van der Waals surface area (Å²) in [5, 5.41) is 8.15. The van der Waals surface area contributed by atoms with E-state index in [-0.39, 0.29) is 28.0 Å². The highest BCUT2D eigenvalue weighted by Gasteiger charge is 2.39. The normalized spacial score (nSPS) is 22.8. The van der Waals surface area contributed by atoms with Crippen molar-refractivity contribution in [2.45, 2.75) is 42.2 Å². The highest BCUT2D eigenvalue weighted by molar-refractivity contribution is 7.89. The number of carbonyl (C=O) groups excluding carboxylic acids is 1. The molecule has 0 bridgehead atoms. The topological polar surface area (TPSA) is 117 Å². The lowest BCUT2D eigenvalue weighted by molar-refractivity contribution is -0.139. The van der Waals surface area contributed by atoms with Gasteiger partial charge in [0, 0.05) is 25.9 Å². The predicted molar refractivity (Wildman–Crippen MR) is 93.6 cm³/mol. The fraction of sp³-hybridized carbons (Fsp3) is 0.588. The van der Waals surface area contributed by atoms with Gasteiger partial charge in [0.1, 0.15) is 5.75 Å². The van der Waals surface area contributed by atoms with Crippen LogP contribution in [0.5, 0.6) is 5.75 Å². The number of carbonyl (C=O) groups is 1. The van der Waals surface area contributed by atoms with Gasteiger partial charge in [0.2, 0.25) is 10.0 Å². The maximum atomic E-state index is 12.8. The van der Waals surface area contributed by atoms with E-state index >= 15 is 0 Å². The molecule has 0 saturated carbocycles. The first-order valence-electron chi connectivity index (χ1n) is 8.56. The van der Waals surface area contributed by atoms with Gasteiger partial charge in [0.25, 0.3) is 5.91 Å². The Labute approximate surface area is 153 Å². The molecular weight excluding hydrogens is 360 g/mol. The minimum absolute atomic E-state index is 0.0582. The van der Waals surface area contributed by atoms with Crippen LogP contribution >= 0.6 is 0 Å². The van der Waals surface area contributed by atoms with Crippen LogP contribution < -0.4 is 15.2 Å². The van der Waals surface area contributed by atoms with E-state index in [0.29, 0.717) is 38.4 Å². The molecule has 2 saturated heterocycles. The SMILES string of the molecule is COc1ccc(S(N)(=O)=O)cc1C(=O)NC1CCOC2(CCOCC2)C1. The second kappa shape index (κ2) is 7.51. The summed E-state index contributed by atoms with van der Waals surface area (Å²) in [6.07, 6.45) is 3.03. The van der Waals surface area contributed by atoms with E-state index in [0.717, 1.165) is 12.8 Å². The molecule has 26 heavy (non-hydrogen) atoms. The average molecular weight is 384 g/mol. The molecule has 8 nitrogen and oxygen atoms in total. The van der Waals surface area contributed by atoms with Crippen molar-refractivity contribution in [2.75, 3.05) is 26.9 Å². The highest BCUT2D eigenvalue weighted by Crippen LogP contribution is 2.34. The summed E-state index contributed by atoms with van der Waals surface area (Å²) in [5.74, 6) is -0.0933. The molecule has 1 spiro atoms. The molecule has 2 aliphatic rings. The van der Waals surface area contributed by atoms with Crippen molar-refractivity contribution in [1.29, 1.82) is 0 Å². The van der Waals surface area contributed by atoms with Crippen molar-refractivity contribution in [1.82, 2.24) is 5.32 Å². The zero-order valence-corrected chi connectivity index (χ0v) is 15.5. The second-order valence-electron chi connectivity index (χ2n) is 6.71. The van der Waals surface area contributed by atoms with Gasteiger partial charge in [-0.05, 0) is 43.9 Å². The maximum absolute atomic E-state index is 12.8. The van der Waals surface area contributed by atoms with Crippen LogP contribution in [0.15, 0.2) is 23.1 Å². The molecule has 1 unspecified atom stereocenters.